The van der Waals surface area contributed by atoms with Crippen LogP contribution in [-0.2, 0) is 0 Å². The van der Waals surface area contributed by atoms with Crippen molar-refractivity contribution < 1.29 is 14.4 Å². The highest BCUT2D eigenvalue weighted by molar-refractivity contribution is 5.93. The third-order valence-corrected chi connectivity index (χ3v) is 3.30. The number of nitrogens with zero attached hydrogens (tertiary/aromatic N) is 1. The molecule has 21 heavy (non-hydrogen) atoms. The molecule has 0 saturated heterocycles. The molecule has 1 amide bonds. The highest BCUT2D eigenvalue weighted by atomic mass is 16.5. The van der Waals surface area contributed by atoms with Gasteiger partial charge in [0.2, 0.25) is 0 Å². The van der Waals surface area contributed by atoms with E-state index in [0.29, 0.717) is 18.7 Å². The molecule has 2 aromatic rings. The molecule has 2 rings (SSSR count). The van der Waals surface area contributed by atoms with E-state index in [1.54, 1.807) is 6.07 Å². The first kappa shape index (κ1) is 15.3. The van der Waals surface area contributed by atoms with Crippen LogP contribution in [0.2, 0.25) is 0 Å². The van der Waals surface area contributed by atoms with Gasteiger partial charge in [-0.2, -0.15) is 0 Å². The van der Waals surface area contributed by atoms with Crippen LogP contribution in [0.4, 0.5) is 0 Å². The van der Waals surface area contributed by atoms with Gasteiger partial charge in [0.25, 0.3) is 5.91 Å². The number of amides is 1. The maximum absolute atomic E-state index is 11.9. The van der Waals surface area contributed by atoms with Crippen molar-refractivity contribution in [1.29, 1.82) is 0 Å². The molecule has 0 aliphatic heterocycles. The quantitative estimate of drug-likeness (QED) is 0.856. The third kappa shape index (κ3) is 4.16. The number of nitrogens with one attached hydrogen (secondary N) is 1. The first-order valence-corrected chi connectivity index (χ1v) is 7.06. The zero-order valence-corrected chi connectivity index (χ0v) is 12.2. The average Bonchev–Trinajstić information content (AvgIpc) is 2.97. The summed E-state index contributed by atoms with van der Waals surface area (Å²) in [6.07, 6.45) is 0.106. The van der Waals surface area contributed by atoms with Gasteiger partial charge in [-0.3, -0.25) is 4.79 Å². The van der Waals surface area contributed by atoms with Crippen molar-refractivity contribution in [2.24, 2.45) is 5.92 Å². The summed E-state index contributed by atoms with van der Waals surface area (Å²) in [5, 5.41) is 16.2. The fourth-order valence-corrected chi connectivity index (χ4v) is 1.88. The second kappa shape index (κ2) is 7.04. The van der Waals surface area contributed by atoms with E-state index >= 15 is 0 Å². The third-order valence-electron chi connectivity index (χ3n) is 3.30. The van der Waals surface area contributed by atoms with Gasteiger partial charge >= 0.3 is 0 Å². The highest BCUT2D eigenvalue weighted by Gasteiger charge is 2.14. The van der Waals surface area contributed by atoms with Gasteiger partial charge in [-0.05, 0) is 12.3 Å². The van der Waals surface area contributed by atoms with Crippen LogP contribution in [-0.4, -0.2) is 28.8 Å². The Bertz CT molecular complexity index is 578. The average molecular weight is 288 g/mol. The van der Waals surface area contributed by atoms with E-state index in [4.69, 9.17) is 4.52 Å². The summed E-state index contributed by atoms with van der Waals surface area (Å²) in [6.45, 7) is 4.29. The predicted molar refractivity (Wildman–Crippen MR) is 79.7 cm³/mol. The SMILES string of the molecule is CC(C)C(O)CCNC(=O)c1cc(-c2ccccc2)on1. The molecule has 2 N–H and O–H groups in total. The fraction of sp³-hybridized carbons (Fsp3) is 0.375. The van der Waals surface area contributed by atoms with Crippen molar-refractivity contribution in [2.75, 3.05) is 6.54 Å². The molecule has 0 radical (unpaired) electrons. The van der Waals surface area contributed by atoms with Crippen LogP contribution in [0.3, 0.4) is 0 Å². The minimum Gasteiger partial charge on any atom is -0.393 e. The van der Waals surface area contributed by atoms with Gasteiger partial charge in [0, 0.05) is 18.2 Å². The monoisotopic (exact) mass is 288 g/mol. The van der Waals surface area contributed by atoms with Crippen LogP contribution in [0.25, 0.3) is 11.3 Å². The van der Waals surface area contributed by atoms with Crippen LogP contribution >= 0.6 is 0 Å². The summed E-state index contributed by atoms with van der Waals surface area (Å²) in [5.41, 5.74) is 1.12. The largest absolute Gasteiger partial charge is 0.393 e. The molecule has 1 heterocycles. The lowest BCUT2D eigenvalue weighted by Gasteiger charge is -2.13. The molecule has 0 aliphatic carbocycles. The smallest absolute Gasteiger partial charge is 0.273 e. The molecule has 5 heteroatoms. The topological polar surface area (TPSA) is 75.4 Å². The molecule has 0 bridgehead atoms. The normalized spacial score (nSPS) is 12.4. The van der Waals surface area contributed by atoms with Crippen molar-refractivity contribution in [2.45, 2.75) is 26.4 Å². The number of carbonyl (C=O) groups excluding carboxylic acids is 1. The van der Waals surface area contributed by atoms with Crippen molar-refractivity contribution >= 4 is 5.91 Å². The summed E-state index contributed by atoms with van der Waals surface area (Å²) in [7, 11) is 0. The predicted octanol–water partition coefficient (Wildman–Crippen LogP) is 2.48. The number of aliphatic hydroxyl groups excluding tert-OH is 1. The molecular formula is C16H20N2O3. The number of aromatic nitrogens is 1. The van der Waals surface area contributed by atoms with Crippen molar-refractivity contribution in [1.82, 2.24) is 10.5 Å². The van der Waals surface area contributed by atoms with E-state index in [9.17, 15) is 9.90 Å². The minimum absolute atomic E-state index is 0.179. The van der Waals surface area contributed by atoms with Gasteiger partial charge in [0.05, 0.1) is 6.10 Å². The highest BCUT2D eigenvalue weighted by Crippen LogP contribution is 2.19. The Morgan fingerprint density at radius 2 is 2.05 bits per heavy atom. The lowest BCUT2D eigenvalue weighted by Crippen LogP contribution is -2.28. The maximum atomic E-state index is 11.9. The van der Waals surface area contributed by atoms with Gasteiger partial charge in [0.1, 0.15) is 0 Å². The van der Waals surface area contributed by atoms with Gasteiger partial charge in [-0.15, -0.1) is 0 Å². The molecule has 0 saturated carbocycles. The Hall–Kier alpha value is -2.14. The molecule has 5 nitrogen and oxygen atoms in total. The Kier molecular flexibility index (Phi) is 5.11. The van der Waals surface area contributed by atoms with E-state index in [2.05, 4.69) is 10.5 Å². The van der Waals surface area contributed by atoms with Crippen molar-refractivity contribution in [3.63, 3.8) is 0 Å². The van der Waals surface area contributed by atoms with E-state index in [1.165, 1.54) is 0 Å². The lowest BCUT2D eigenvalue weighted by atomic mass is 10.0. The Balaban J connectivity index is 1.91. The number of aliphatic hydroxyl groups is 1. The van der Waals surface area contributed by atoms with Crippen LogP contribution in [0.1, 0.15) is 30.8 Å². The molecule has 0 spiro atoms. The van der Waals surface area contributed by atoms with Crippen LogP contribution in [0, 0.1) is 5.92 Å². The number of benzene rings is 1. The van der Waals surface area contributed by atoms with Gasteiger partial charge in [-0.25, -0.2) is 0 Å². The van der Waals surface area contributed by atoms with Crippen LogP contribution in [0.5, 0.6) is 0 Å². The van der Waals surface area contributed by atoms with Gasteiger partial charge < -0.3 is 14.9 Å². The molecular weight excluding hydrogens is 268 g/mol. The first-order valence-electron chi connectivity index (χ1n) is 7.06. The van der Waals surface area contributed by atoms with Crippen LogP contribution < -0.4 is 5.32 Å². The summed E-state index contributed by atoms with van der Waals surface area (Å²) < 4.78 is 5.18. The molecule has 112 valence electrons. The molecule has 1 aromatic heterocycles. The Morgan fingerprint density at radius 3 is 2.71 bits per heavy atom. The van der Waals surface area contributed by atoms with E-state index in [-0.39, 0.29) is 17.5 Å². The fourth-order valence-electron chi connectivity index (χ4n) is 1.88. The lowest BCUT2D eigenvalue weighted by molar-refractivity contribution is 0.0912. The molecule has 1 atom stereocenters. The van der Waals surface area contributed by atoms with Crippen LogP contribution in [0.15, 0.2) is 40.9 Å². The number of hydrogen-bond acceptors (Lipinski definition) is 4. The zero-order chi connectivity index (χ0) is 15.2. The van der Waals surface area contributed by atoms with Gasteiger partial charge in [0.15, 0.2) is 11.5 Å². The van der Waals surface area contributed by atoms with Gasteiger partial charge in [-0.1, -0.05) is 49.3 Å². The Morgan fingerprint density at radius 1 is 1.33 bits per heavy atom. The number of rotatable bonds is 6. The maximum Gasteiger partial charge on any atom is 0.273 e. The van der Waals surface area contributed by atoms with E-state index < -0.39 is 6.10 Å². The second-order valence-corrected chi connectivity index (χ2v) is 5.30. The van der Waals surface area contributed by atoms with E-state index in [0.717, 1.165) is 5.56 Å². The van der Waals surface area contributed by atoms with Crippen molar-refractivity contribution in [3.8, 4) is 11.3 Å². The molecule has 1 aromatic carbocycles. The van der Waals surface area contributed by atoms with Crippen molar-refractivity contribution in [3.05, 3.63) is 42.1 Å². The molecule has 0 aliphatic rings. The summed E-state index contributed by atoms with van der Waals surface area (Å²) >= 11 is 0. The number of hydrogen-bond donors (Lipinski definition) is 2. The number of carbonyl (C=O) groups is 1. The first-order chi connectivity index (χ1) is 10.1. The van der Waals surface area contributed by atoms with E-state index in [1.807, 2.05) is 44.2 Å². The summed E-state index contributed by atoms with van der Waals surface area (Å²) in [5.74, 6) is 0.443. The molecule has 1 unspecified atom stereocenters. The zero-order valence-electron chi connectivity index (χ0n) is 12.2. The standard InChI is InChI=1S/C16H20N2O3/c1-11(2)14(19)8-9-17-16(20)13-10-15(21-18-13)12-6-4-3-5-7-12/h3-7,10-11,14,19H,8-9H2,1-2H3,(H,17,20). The summed E-state index contributed by atoms with van der Waals surface area (Å²) in [4.78, 5) is 11.9. The Labute approximate surface area is 124 Å². The summed E-state index contributed by atoms with van der Waals surface area (Å²) in [6, 6.07) is 11.1. The minimum atomic E-state index is -0.414. The molecule has 0 fully saturated rings. The second-order valence-electron chi connectivity index (χ2n) is 5.30.